The van der Waals surface area contributed by atoms with Crippen LogP contribution in [0.5, 0.6) is 0 Å². The minimum atomic E-state index is -0.893. The highest BCUT2D eigenvalue weighted by Crippen LogP contribution is 2.26. The molecule has 0 saturated carbocycles. The molecule has 0 radical (unpaired) electrons. The van der Waals surface area contributed by atoms with Gasteiger partial charge < -0.3 is 14.2 Å². The molecule has 0 saturated heterocycles. The van der Waals surface area contributed by atoms with Gasteiger partial charge in [0.2, 0.25) is 0 Å². The maximum atomic E-state index is 12.0. The van der Waals surface area contributed by atoms with Gasteiger partial charge in [-0.1, -0.05) is 47.8 Å². The molecule has 0 atom stereocenters. The number of hydrogen-bond acceptors (Lipinski definition) is 6. The monoisotopic (exact) mass is 564 g/mol. The highest BCUT2D eigenvalue weighted by molar-refractivity contribution is 9.10. The molecule has 0 heterocycles. The fraction of sp³-hybridized carbons (Fsp3) is 0.824. The Bertz CT molecular complexity index is 452. The van der Waals surface area contributed by atoms with Gasteiger partial charge in [-0.15, -0.1) is 0 Å². The molecule has 0 aromatic rings. The topological polar surface area (TPSA) is 78.9 Å². The highest BCUT2D eigenvalue weighted by atomic mass is 79.9. The molecule has 6 nitrogen and oxygen atoms in total. The lowest BCUT2D eigenvalue weighted by molar-refractivity contribution is -0.162. The van der Waals surface area contributed by atoms with Crippen LogP contribution in [-0.2, 0) is 28.6 Å². The molecule has 0 aromatic carbocycles. The zero-order valence-corrected chi connectivity index (χ0v) is 21.0. The summed E-state index contributed by atoms with van der Waals surface area (Å²) in [6.07, 6.45) is 0. The van der Waals surface area contributed by atoms with E-state index in [2.05, 4.69) is 47.8 Å². The molecule has 0 N–H and O–H groups in total. The lowest BCUT2D eigenvalue weighted by Gasteiger charge is -2.31. The van der Waals surface area contributed by atoms with Crippen LogP contribution in [0.15, 0.2) is 0 Å². The molecule has 26 heavy (non-hydrogen) atoms. The van der Waals surface area contributed by atoms with Gasteiger partial charge in [0.25, 0.3) is 0 Å². The van der Waals surface area contributed by atoms with Gasteiger partial charge in [0.15, 0.2) is 0 Å². The molecule has 152 valence electrons. The fourth-order valence-electron chi connectivity index (χ4n) is 1.36. The fourth-order valence-corrected chi connectivity index (χ4v) is 1.70. The average molecular weight is 567 g/mol. The van der Waals surface area contributed by atoms with Crippen molar-refractivity contribution in [2.24, 2.45) is 5.41 Å². The Morgan fingerprint density at radius 2 is 0.769 bits per heavy atom. The Hall–Kier alpha value is -0.150. The second-order valence-electron chi connectivity index (χ2n) is 7.96. The summed E-state index contributed by atoms with van der Waals surface area (Å²) in [6, 6.07) is 0. The Labute approximate surface area is 180 Å². The largest absolute Gasteiger partial charge is 0.464 e. The Kier molecular flexibility index (Phi) is 9.31. The van der Waals surface area contributed by atoms with E-state index in [1.807, 2.05) is 0 Å². The van der Waals surface area contributed by atoms with E-state index in [0.29, 0.717) is 0 Å². The normalized spacial score (nSPS) is 13.2. The lowest BCUT2D eigenvalue weighted by atomic mass is 9.94. The summed E-state index contributed by atoms with van der Waals surface area (Å²) in [7, 11) is 0. The number of ether oxygens (including phenoxy) is 3. The molecule has 0 amide bonds. The van der Waals surface area contributed by atoms with Crippen molar-refractivity contribution in [3.05, 3.63) is 0 Å². The molecule has 0 aromatic heterocycles. The van der Waals surface area contributed by atoms with Crippen LogP contribution in [0, 0.1) is 5.41 Å². The summed E-state index contributed by atoms with van der Waals surface area (Å²) in [5.41, 5.74) is -0.893. The molecular formula is C17H27Br3O6. The molecule has 0 unspecified atom stereocenters. The minimum absolute atomic E-state index is 0.0765. The van der Waals surface area contributed by atoms with E-state index in [-0.39, 0.29) is 19.8 Å². The second-order valence-corrected chi connectivity index (χ2v) is 13.9. The average Bonchev–Trinajstić information content (AvgIpc) is 2.45. The number of carbonyl (C=O) groups is 3. The summed E-state index contributed by atoms with van der Waals surface area (Å²) in [4.78, 5) is 36.0. The summed E-state index contributed by atoms with van der Waals surface area (Å²) >= 11 is 9.69. The number of esters is 3. The van der Waals surface area contributed by atoms with Crippen molar-refractivity contribution in [1.82, 2.24) is 0 Å². The predicted molar refractivity (Wildman–Crippen MR) is 110 cm³/mol. The van der Waals surface area contributed by atoms with Crippen LogP contribution in [0.4, 0.5) is 0 Å². The number of alkyl halides is 3. The summed E-state index contributed by atoms with van der Waals surface area (Å²) in [5.74, 6) is -1.41. The van der Waals surface area contributed by atoms with Crippen molar-refractivity contribution < 1.29 is 28.6 Å². The van der Waals surface area contributed by atoms with E-state index >= 15 is 0 Å². The first kappa shape index (κ1) is 25.9. The van der Waals surface area contributed by atoms with Gasteiger partial charge in [-0.3, -0.25) is 14.4 Å². The zero-order chi connectivity index (χ0) is 21.0. The minimum Gasteiger partial charge on any atom is -0.464 e. The van der Waals surface area contributed by atoms with Crippen molar-refractivity contribution >= 4 is 65.7 Å². The van der Waals surface area contributed by atoms with Crippen molar-refractivity contribution in [3.8, 4) is 0 Å². The standard InChI is InChI=1S/C17H27Br3O6/c1-14(2,18)11(21)24-8-17(7,9-25-12(22)15(3,4)19)10-26-13(23)16(5,6)20/h8-10H2,1-7H3. The number of rotatable bonds is 9. The van der Waals surface area contributed by atoms with Crippen molar-refractivity contribution in [1.29, 1.82) is 0 Å². The van der Waals surface area contributed by atoms with Crippen LogP contribution < -0.4 is 0 Å². The van der Waals surface area contributed by atoms with Gasteiger partial charge in [-0.25, -0.2) is 0 Å². The summed E-state index contributed by atoms with van der Waals surface area (Å²) < 4.78 is 13.4. The Balaban J connectivity index is 5.10. The number of carbonyl (C=O) groups excluding carboxylic acids is 3. The third kappa shape index (κ3) is 9.69. The van der Waals surface area contributed by atoms with E-state index < -0.39 is 36.3 Å². The summed E-state index contributed by atoms with van der Waals surface area (Å²) in [6.45, 7) is 11.4. The third-order valence-corrected chi connectivity index (χ3v) is 4.08. The van der Waals surface area contributed by atoms with E-state index in [1.165, 1.54) is 0 Å². The van der Waals surface area contributed by atoms with Crippen molar-refractivity contribution in [3.63, 3.8) is 0 Å². The van der Waals surface area contributed by atoms with Gasteiger partial charge >= 0.3 is 17.9 Å². The molecule has 0 bridgehead atoms. The second kappa shape index (κ2) is 9.37. The van der Waals surface area contributed by atoms with Crippen LogP contribution in [0.25, 0.3) is 0 Å². The van der Waals surface area contributed by atoms with Crippen molar-refractivity contribution in [2.75, 3.05) is 19.8 Å². The smallest absolute Gasteiger partial charge is 0.322 e. The van der Waals surface area contributed by atoms with Gasteiger partial charge in [0.05, 0.1) is 5.41 Å². The van der Waals surface area contributed by atoms with E-state index in [4.69, 9.17) is 14.2 Å². The molecule has 0 aliphatic carbocycles. The molecule has 0 aliphatic rings. The molecular weight excluding hydrogens is 540 g/mol. The molecule has 0 rings (SSSR count). The van der Waals surface area contributed by atoms with Gasteiger partial charge in [-0.2, -0.15) is 0 Å². The Morgan fingerprint density at radius 3 is 0.923 bits per heavy atom. The molecule has 0 fully saturated rings. The lowest BCUT2D eigenvalue weighted by Crippen LogP contribution is -2.41. The predicted octanol–water partition coefficient (Wildman–Crippen LogP) is 4.14. The van der Waals surface area contributed by atoms with E-state index in [0.717, 1.165) is 0 Å². The maximum Gasteiger partial charge on any atom is 0.322 e. The first-order valence-electron chi connectivity index (χ1n) is 7.97. The van der Waals surface area contributed by atoms with Crippen LogP contribution in [-0.4, -0.2) is 50.7 Å². The summed E-state index contributed by atoms with van der Waals surface area (Å²) in [5, 5.41) is 0. The van der Waals surface area contributed by atoms with E-state index in [1.54, 1.807) is 48.5 Å². The van der Waals surface area contributed by atoms with Crippen LogP contribution >= 0.6 is 47.8 Å². The van der Waals surface area contributed by atoms with Crippen molar-refractivity contribution in [2.45, 2.75) is 61.4 Å². The maximum absolute atomic E-state index is 12.0. The third-order valence-electron chi connectivity index (χ3n) is 3.11. The molecule has 9 heteroatoms. The molecule has 0 aliphatic heterocycles. The van der Waals surface area contributed by atoms with Gasteiger partial charge in [0.1, 0.15) is 32.8 Å². The first-order valence-corrected chi connectivity index (χ1v) is 10.3. The SMILES string of the molecule is CC(COC(=O)C(C)(C)Br)(COC(=O)C(C)(C)Br)COC(=O)C(C)(C)Br. The zero-order valence-electron chi connectivity index (χ0n) is 16.2. The highest BCUT2D eigenvalue weighted by Gasteiger charge is 2.36. The Morgan fingerprint density at radius 1 is 0.577 bits per heavy atom. The van der Waals surface area contributed by atoms with Crippen LogP contribution in [0.3, 0.4) is 0 Å². The first-order chi connectivity index (χ1) is 11.4. The van der Waals surface area contributed by atoms with Crippen LogP contribution in [0.2, 0.25) is 0 Å². The van der Waals surface area contributed by atoms with Gasteiger partial charge in [-0.05, 0) is 48.5 Å². The van der Waals surface area contributed by atoms with Gasteiger partial charge in [0, 0.05) is 0 Å². The number of halogens is 3. The molecule has 0 spiro atoms. The number of hydrogen-bond donors (Lipinski definition) is 0. The quantitative estimate of drug-likeness (QED) is 0.237. The van der Waals surface area contributed by atoms with Crippen LogP contribution in [0.1, 0.15) is 48.5 Å². The van der Waals surface area contributed by atoms with E-state index in [9.17, 15) is 14.4 Å².